The monoisotopic (exact) mass is 219 g/mol. The third-order valence-corrected chi connectivity index (χ3v) is 3.48. The lowest BCUT2D eigenvalue weighted by Gasteiger charge is -2.31. The zero-order valence-corrected chi connectivity index (χ0v) is 9.67. The molecule has 1 aliphatic rings. The Morgan fingerprint density at radius 1 is 1.57 bits per heavy atom. The van der Waals surface area contributed by atoms with Gasteiger partial charge in [0, 0.05) is 6.54 Å². The minimum absolute atomic E-state index is 0.268. The molecule has 5 heteroatoms. The van der Waals surface area contributed by atoms with Crippen molar-refractivity contribution < 1.29 is 14.5 Å². The van der Waals surface area contributed by atoms with Gasteiger partial charge in [0.15, 0.2) is 0 Å². The van der Waals surface area contributed by atoms with Crippen molar-refractivity contribution in [3.63, 3.8) is 0 Å². The van der Waals surface area contributed by atoms with Crippen LogP contribution in [0.1, 0.15) is 12.8 Å². The second-order valence-electron chi connectivity index (χ2n) is 4.47. The van der Waals surface area contributed by atoms with Gasteiger partial charge in [-0.15, -0.1) is 0 Å². The number of carbonyl (C=O) groups is 1. The van der Waals surface area contributed by atoms with Gasteiger partial charge in [0.2, 0.25) is 0 Å². The molecule has 0 amide bonds. The first-order chi connectivity index (χ1) is 6.38. The highest BCUT2D eigenvalue weighted by molar-refractivity contribution is 7.62. The van der Waals surface area contributed by atoms with Gasteiger partial charge >= 0.3 is 5.97 Å². The number of hydrogen-bond donors (Lipinski definition) is 1. The number of hydrogen-bond acceptors (Lipinski definition) is 3. The molecule has 1 aliphatic heterocycles. The minimum atomic E-state index is -2.06. The number of piperidine rings is 1. The van der Waals surface area contributed by atoms with Gasteiger partial charge in [-0.25, -0.2) is 0 Å². The van der Waals surface area contributed by atoms with Crippen molar-refractivity contribution in [1.82, 2.24) is 4.90 Å². The number of carboxylic acids is 1. The average Bonchev–Trinajstić information content (AvgIpc) is 2.01. The molecule has 0 aromatic heterocycles. The molecule has 0 radical (unpaired) electrons. The van der Waals surface area contributed by atoms with Gasteiger partial charge in [-0.2, -0.15) is 0 Å². The molecule has 1 fully saturated rings. The van der Waals surface area contributed by atoms with Crippen LogP contribution in [0.3, 0.4) is 0 Å². The summed E-state index contributed by atoms with van der Waals surface area (Å²) in [4.78, 5) is 12.8. The molecule has 82 valence electrons. The maximum absolute atomic E-state index is 11.6. The van der Waals surface area contributed by atoms with Crippen molar-refractivity contribution in [2.75, 3.05) is 32.7 Å². The summed E-state index contributed by atoms with van der Waals surface area (Å²) in [5.41, 5.74) is 0. The van der Waals surface area contributed by atoms with Gasteiger partial charge in [-0.1, -0.05) is 0 Å². The van der Waals surface area contributed by atoms with Crippen LogP contribution in [-0.4, -0.2) is 48.7 Å². The predicted octanol–water partition coefficient (Wildman–Crippen LogP) is 1.36. The summed E-state index contributed by atoms with van der Waals surface area (Å²) in [6.45, 7) is 4.94. The molecular weight excluding hydrogens is 201 g/mol. The molecule has 1 atom stereocenters. The van der Waals surface area contributed by atoms with Gasteiger partial charge in [0.25, 0.3) is 0 Å². The second-order valence-corrected chi connectivity index (χ2v) is 7.90. The Hall–Kier alpha value is -0.340. The number of likely N-dealkylation sites (tertiary alicyclic amines) is 1. The van der Waals surface area contributed by atoms with E-state index in [1.54, 1.807) is 13.3 Å². The second kappa shape index (κ2) is 4.45. The fourth-order valence-corrected chi connectivity index (χ4v) is 3.09. The van der Waals surface area contributed by atoms with E-state index in [4.69, 9.17) is 5.11 Å². The van der Waals surface area contributed by atoms with Gasteiger partial charge in [0.1, 0.15) is 0 Å². The molecule has 0 saturated carbocycles. The highest BCUT2D eigenvalue weighted by Crippen LogP contribution is 2.37. The number of rotatable bonds is 3. The van der Waals surface area contributed by atoms with Gasteiger partial charge < -0.3 is 9.67 Å². The van der Waals surface area contributed by atoms with Crippen LogP contribution in [0.4, 0.5) is 0 Å². The van der Waals surface area contributed by atoms with E-state index in [1.165, 1.54) is 0 Å². The molecule has 4 nitrogen and oxygen atoms in total. The molecule has 0 aromatic carbocycles. The topological polar surface area (TPSA) is 57.6 Å². The Balaban J connectivity index is 2.48. The molecule has 1 rings (SSSR count). The van der Waals surface area contributed by atoms with Gasteiger partial charge in [-0.05, 0) is 32.7 Å². The van der Waals surface area contributed by atoms with Gasteiger partial charge in [0.05, 0.1) is 19.3 Å². The Morgan fingerprint density at radius 3 is 2.71 bits per heavy atom. The van der Waals surface area contributed by atoms with Crippen molar-refractivity contribution in [3.05, 3.63) is 0 Å². The number of nitrogens with zero attached hydrogens (tertiary/aromatic N) is 1. The van der Waals surface area contributed by atoms with Gasteiger partial charge in [-0.3, -0.25) is 9.69 Å². The lowest BCUT2D eigenvalue weighted by molar-refractivity contribution is -0.143. The van der Waals surface area contributed by atoms with Crippen LogP contribution in [0.5, 0.6) is 0 Å². The third-order valence-electron chi connectivity index (χ3n) is 2.40. The lowest BCUT2D eigenvalue weighted by Crippen LogP contribution is -2.38. The van der Waals surface area contributed by atoms with E-state index in [1.807, 2.05) is 4.90 Å². The first-order valence-electron chi connectivity index (χ1n) is 4.87. The van der Waals surface area contributed by atoms with E-state index in [0.717, 1.165) is 19.4 Å². The van der Waals surface area contributed by atoms with Crippen LogP contribution < -0.4 is 0 Å². The SMILES string of the molecule is CP(C)(=O)CN1CCCC(C(=O)O)C1. The first kappa shape index (κ1) is 11.7. The summed E-state index contributed by atoms with van der Waals surface area (Å²) in [7, 11) is -2.06. The van der Waals surface area contributed by atoms with Crippen molar-refractivity contribution in [3.8, 4) is 0 Å². The standard InChI is InChI=1S/C9H18NO3P/c1-14(2,13)7-10-5-3-4-8(6-10)9(11)12/h8H,3-7H2,1-2H3,(H,11,12). The zero-order chi connectivity index (χ0) is 10.8. The fourth-order valence-electron chi connectivity index (χ4n) is 1.87. The van der Waals surface area contributed by atoms with Crippen LogP contribution >= 0.6 is 7.14 Å². The summed E-state index contributed by atoms with van der Waals surface area (Å²) >= 11 is 0. The minimum Gasteiger partial charge on any atom is -0.481 e. The Bertz CT molecular complexity index is 261. The maximum atomic E-state index is 11.6. The first-order valence-corrected chi connectivity index (χ1v) is 7.66. The molecule has 0 aromatic rings. The van der Waals surface area contributed by atoms with E-state index in [-0.39, 0.29) is 5.92 Å². The molecule has 0 bridgehead atoms. The third kappa shape index (κ3) is 3.81. The van der Waals surface area contributed by atoms with Crippen LogP contribution in [0.25, 0.3) is 0 Å². The van der Waals surface area contributed by atoms with Crippen molar-refractivity contribution in [2.45, 2.75) is 12.8 Å². The lowest BCUT2D eigenvalue weighted by atomic mass is 9.99. The Labute approximate surface area is 84.7 Å². The van der Waals surface area contributed by atoms with E-state index >= 15 is 0 Å². The summed E-state index contributed by atoms with van der Waals surface area (Å²) in [5, 5.41) is 8.86. The van der Waals surface area contributed by atoms with E-state index in [9.17, 15) is 9.36 Å². The Morgan fingerprint density at radius 2 is 2.21 bits per heavy atom. The molecule has 1 saturated heterocycles. The molecule has 1 heterocycles. The zero-order valence-electron chi connectivity index (χ0n) is 8.77. The quantitative estimate of drug-likeness (QED) is 0.728. The Kier molecular flexibility index (Phi) is 3.73. The number of aliphatic carboxylic acids is 1. The highest BCUT2D eigenvalue weighted by Gasteiger charge is 2.27. The molecule has 0 aliphatic carbocycles. The molecule has 0 spiro atoms. The van der Waals surface area contributed by atoms with Crippen molar-refractivity contribution in [2.24, 2.45) is 5.92 Å². The molecule has 1 unspecified atom stereocenters. The number of carboxylic acid groups (broad SMARTS) is 1. The average molecular weight is 219 g/mol. The van der Waals surface area contributed by atoms with Crippen molar-refractivity contribution >= 4 is 13.1 Å². The van der Waals surface area contributed by atoms with Crippen LogP contribution in [0.15, 0.2) is 0 Å². The molecule has 1 N–H and O–H groups in total. The fraction of sp³-hybridized carbons (Fsp3) is 0.889. The van der Waals surface area contributed by atoms with Crippen LogP contribution in [0.2, 0.25) is 0 Å². The van der Waals surface area contributed by atoms with E-state index in [0.29, 0.717) is 12.8 Å². The van der Waals surface area contributed by atoms with Crippen LogP contribution in [-0.2, 0) is 9.36 Å². The predicted molar refractivity (Wildman–Crippen MR) is 56.3 cm³/mol. The summed E-state index contributed by atoms with van der Waals surface area (Å²) in [5.74, 6) is -0.993. The molecular formula is C9H18NO3P. The normalized spacial score (nSPS) is 24.9. The summed E-state index contributed by atoms with van der Waals surface area (Å²) in [6, 6.07) is 0. The molecule has 14 heavy (non-hydrogen) atoms. The smallest absolute Gasteiger partial charge is 0.307 e. The maximum Gasteiger partial charge on any atom is 0.307 e. The highest BCUT2D eigenvalue weighted by atomic mass is 31.2. The van der Waals surface area contributed by atoms with Crippen molar-refractivity contribution in [1.29, 1.82) is 0 Å². The summed E-state index contributed by atoms with van der Waals surface area (Å²) < 4.78 is 11.6. The van der Waals surface area contributed by atoms with E-state index < -0.39 is 13.1 Å². The van der Waals surface area contributed by atoms with Crippen LogP contribution in [0, 0.1) is 5.92 Å². The largest absolute Gasteiger partial charge is 0.481 e. The van der Waals surface area contributed by atoms with E-state index in [2.05, 4.69) is 0 Å². The summed E-state index contributed by atoms with van der Waals surface area (Å²) in [6.07, 6.45) is 2.21.